The topological polar surface area (TPSA) is 99.8 Å². The number of aryl methyl sites for hydroxylation is 1. The molecule has 3 N–H and O–H groups in total. The van der Waals surface area contributed by atoms with Gasteiger partial charge in [0, 0.05) is 11.4 Å². The van der Waals surface area contributed by atoms with Crippen LogP contribution in [0.5, 0.6) is 11.5 Å². The lowest BCUT2D eigenvalue weighted by molar-refractivity contribution is -0.121. The summed E-state index contributed by atoms with van der Waals surface area (Å²) in [5, 5.41) is 22.9. The molecule has 1 aliphatic carbocycles. The second kappa shape index (κ2) is 6.78. The van der Waals surface area contributed by atoms with E-state index in [9.17, 15) is 19.8 Å². The molecule has 1 aliphatic rings. The Hall–Kier alpha value is -2.50. The van der Waals surface area contributed by atoms with Crippen molar-refractivity contribution in [3.05, 3.63) is 33.7 Å². The molecule has 134 valence electrons. The molecule has 1 aromatic heterocycles. The number of amides is 1. The van der Waals surface area contributed by atoms with Crippen molar-refractivity contribution in [1.29, 1.82) is 0 Å². The molecule has 0 radical (unpaired) electrons. The van der Waals surface area contributed by atoms with Gasteiger partial charge in [-0.3, -0.25) is 4.79 Å². The number of fused-ring (bicyclic) bond motifs is 1. The highest BCUT2D eigenvalue weighted by molar-refractivity contribution is 5.89. The summed E-state index contributed by atoms with van der Waals surface area (Å²) in [5.41, 5.74) is 0.122. The number of hydrogen-bond acceptors (Lipinski definition) is 5. The highest BCUT2D eigenvalue weighted by Gasteiger charge is 2.24. The lowest BCUT2D eigenvalue weighted by Crippen LogP contribution is -2.42. The Balaban J connectivity index is 1.87. The number of benzene rings is 1. The Labute approximate surface area is 145 Å². The van der Waals surface area contributed by atoms with Gasteiger partial charge >= 0.3 is 5.63 Å². The Morgan fingerprint density at radius 3 is 2.72 bits per heavy atom. The van der Waals surface area contributed by atoms with Crippen molar-refractivity contribution >= 4 is 16.9 Å². The van der Waals surface area contributed by atoms with E-state index in [4.69, 9.17) is 4.42 Å². The molecule has 2 aromatic rings. The maximum absolute atomic E-state index is 12.4. The molecular weight excluding hydrogens is 322 g/mol. The molecule has 1 aromatic carbocycles. The van der Waals surface area contributed by atoms with Crippen LogP contribution in [0.4, 0.5) is 0 Å². The summed E-state index contributed by atoms with van der Waals surface area (Å²) >= 11 is 0. The second-order valence-corrected chi connectivity index (χ2v) is 6.92. The fourth-order valence-electron chi connectivity index (χ4n) is 3.58. The summed E-state index contributed by atoms with van der Waals surface area (Å²) in [4.78, 5) is 24.7. The maximum atomic E-state index is 12.4. The number of rotatable bonds is 3. The number of nitrogens with one attached hydrogen (secondary N) is 1. The standard InChI is InChI=1S/C19H23NO5/c1-10-5-3-4-6-14(10)20-16(22)9-13-11(2)12-7-8-15(21)17(23)18(12)25-19(13)24/h7-8,10,14,21,23H,3-6,9H2,1-2H3,(H,20,22)/t10-,14-/m1/s1. The van der Waals surface area contributed by atoms with Crippen molar-refractivity contribution in [3.63, 3.8) is 0 Å². The SMILES string of the molecule is Cc1c(CC(=O)N[C@@H]2CCCC[C@H]2C)c(=O)oc2c(O)c(O)ccc12. The summed E-state index contributed by atoms with van der Waals surface area (Å²) < 4.78 is 5.15. The van der Waals surface area contributed by atoms with Crippen molar-refractivity contribution < 1.29 is 19.4 Å². The molecule has 0 bridgehead atoms. The van der Waals surface area contributed by atoms with E-state index in [0.29, 0.717) is 16.9 Å². The first kappa shape index (κ1) is 17.3. The van der Waals surface area contributed by atoms with Gasteiger partial charge in [0.05, 0.1) is 12.0 Å². The van der Waals surface area contributed by atoms with Crippen LogP contribution in [-0.2, 0) is 11.2 Å². The molecule has 25 heavy (non-hydrogen) atoms. The van der Waals surface area contributed by atoms with Gasteiger partial charge in [0.2, 0.25) is 11.7 Å². The Morgan fingerprint density at radius 1 is 1.28 bits per heavy atom. The maximum Gasteiger partial charge on any atom is 0.340 e. The van der Waals surface area contributed by atoms with E-state index in [1.165, 1.54) is 12.5 Å². The van der Waals surface area contributed by atoms with Crippen LogP contribution >= 0.6 is 0 Å². The number of aromatic hydroxyl groups is 2. The van der Waals surface area contributed by atoms with Gasteiger partial charge in [0.15, 0.2) is 11.3 Å². The van der Waals surface area contributed by atoms with Gasteiger partial charge in [0.1, 0.15) is 0 Å². The Morgan fingerprint density at radius 2 is 2.00 bits per heavy atom. The smallest absolute Gasteiger partial charge is 0.340 e. The van der Waals surface area contributed by atoms with Crippen LogP contribution in [0.15, 0.2) is 21.3 Å². The van der Waals surface area contributed by atoms with Gasteiger partial charge < -0.3 is 19.9 Å². The minimum atomic E-state index is -0.669. The van der Waals surface area contributed by atoms with Crippen LogP contribution in [0.1, 0.15) is 43.7 Å². The monoisotopic (exact) mass is 345 g/mol. The molecule has 3 rings (SSSR count). The van der Waals surface area contributed by atoms with Crippen LogP contribution in [0.3, 0.4) is 0 Å². The predicted octanol–water partition coefficient (Wildman–Crippen LogP) is 2.75. The van der Waals surface area contributed by atoms with Gasteiger partial charge in [-0.2, -0.15) is 0 Å². The van der Waals surface area contributed by atoms with E-state index in [2.05, 4.69) is 12.2 Å². The van der Waals surface area contributed by atoms with E-state index in [-0.39, 0.29) is 35.3 Å². The number of hydrogen-bond donors (Lipinski definition) is 3. The molecule has 0 spiro atoms. The average Bonchev–Trinajstić information content (AvgIpc) is 2.57. The number of carbonyl (C=O) groups excluding carboxylic acids is 1. The quantitative estimate of drug-likeness (QED) is 0.587. The third kappa shape index (κ3) is 3.34. The third-order valence-corrected chi connectivity index (χ3v) is 5.20. The summed E-state index contributed by atoms with van der Waals surface area (Å²) in [6.45, 7) is 3.84. The van der Waals surface area contributed by atoms with Crippen molar-refractivity contribution in [2.45, 2.75) is 52.0 Å². The van der Waals surface area contributed by atoms with Gasteiger partial charge in [-0.25, -0.2) is 4.79 Å². The summed E-state index contributed by atoms with van der Waals surface area (Å²) in [5.74, 6) is -0.584. The zero-order valence-corrected chi connectivity index (χ0v) is 14.5. The second-order valence-electron chi connectivity index (χ2n) is 6.92. The van der Waals surface area contributed by atoms with E-state index < -0.39 is 11.4 Å². The molecule has 1 saturated carbocycles. The van der Waals surface area contributed by atoms with Crippen LogP contribution in [0, 0.1) is 12.8 Å². The van der Waals surface area contributed by atoms with Crippen molar-refractivity contribution in [1.82, 2.24) is 5.32 Å². The molecule has 1 heterocycles. The Bertz CT molecular complexity index is 870. The highest BCUT2D eigenvalue weighted by atomic mass is 16.4. The third-order valence-electron chi connectivity index (χ3n) is 5.20. The first-order valence-electron chi connectivity index (χ1n) is 8.65. The van der Waals surface area contributed by atoms with Crippen LogP contribution in [0.2, 0.25) is 0 Å². The zero-order valence-electron chi connectivity index (χ0n) is 14.5. The van der Waals surface area contributed by atoms with Crippen molar-refractivity contribution in [2.75, 3.05) is 0 Å². The number of carbonyl (C=O) groups is 1. The predicted molar refractivity (Wildman–Crippen MR) is 93.8 cm³/mol. The zero-order chi connectivity index (χ0) is 18.1. The fraction of sp³-hybridized carbons (Fsp3) is 0.474. The lowest BCUT2D eigenvalue weighted by Gasteiger charge is -2.29. The van der Waals surface area contributed by atoms with Crippen LogP contribution in [-0.4, -0.2) is 22.2 Å². The van der Waals surface area contributed by atoms with Gasteiger partial charge in [-0.05, 0) is 43.4 Å². The molecule has 1 amide bonds. The molecule has 6 nitrogen and oxygen atoms in total. The van der Waals surface area contributed by atoms with E-state index in [1.807, 2.05) is 0 Å². The first-order chi connectivity index (χ1) is 11.9. The summed E-state index contributed by atoms with van der Waals surface area (Å²) in [7, 11) is 0. The minimum Gasteiger partial charge on any atom is -0.504 e. The fourth-order valence-corrected chi connectivity index (χ4v) is 3.58. The lowest BCUT2D eigenvalue weighted by atomic mass is 9.86. The molecule has 0 aliphatic heterocycles. The molecule has 2 atom stereocenters. The van der Waals surface area contributed by atoms with Crippen molar-refractivity contribution in [2.24, 2.45) is 5.92 Å². The number of phenolic OH excluding ortho intramolecular Hbond substituents is 2. The molecule has 1 fully saturated rings. The van der Waals surface area contributed by atoms with E-state index in [1.54, 1.807) is 13.0 Å². The molecule has 6 heteroatoms. The van der Waals surface area contributed by atoms with Crippen LogP contribution in [0.25, 0.3) is 11.0 Å². The van der Waals surface area contributed by atoms with Gasteiger partial charge in [-0.15, -0.1) is 0 Å². The van der Waals surface area contributed by atoms with Crippen LogP contribution < -0.4 is 10.9 Å². The van der Waals surface area contributed by atoms with Gasteiger partial charge in [-0.1, -0.05) is 19.8 Å². The van der Waals surface area contributed by atoms with Crippen molar-refractivity contribution in [3.8, 4) is 11.5 Å². The average molecular weight is 345 g/mol. The van der Waals surface area contributed by atoms with E-state index in [0.717, 1.165) is 19.3 Å². The highest BCUT2D eigenvalue weighted by Crippen LogP contribution is 2.34. The molecular formula is C19H23NO5. The largest absolute Gasteiger partial charge is 0.504 e. The Kier molecular flexibility index (Phi) is 4.70. The first-order valence-corrected chi connectivity index (χ1v) is 8.65. The molecule has 0 saturated heterocycles. The summed E-state index contributed by atoms with van der Waals surface area (Å²) in [6.07, 6.45) is 4.30. The van der Waals surface area contributed by atoms with Gasteiger partial charge in [0.25, 0.3) is 0 Å². The van der Waals surface area contributed by atoms with E-state index >= 15 is 0 Å². The number of phenols is 2. The minimum absolute atomic E-state index is 0.0606. The normalized spacial score (nSPS) is 20.6. The summed E-state index contributed by atoms with van der Waals surface area (Å²) in [6, 6.07) is 3.04. The molecule has 0 unspecified atom stereocenters.